The highest BCUT2D eigenvalue weighted by Gasteiger charge is 2.48. The summed E-state index contributed by atoms with van der Waals surface area (Å²) in [7, 11) is 0. The van der Waals surface area contributed by atoms with E-state index in [1.54, 1.807) is 4.90 Å². The van der Waals surface area contributed by atoms with Crippen LogP contribution in [0.3, 0.4) is 0 Å². The van der Waals surface area contributed by atoms with Crippen LogP contribution in [0.2, 0.25) is 0 Å². The zero-order chi connectivity index (χ0) is 9.31. The molecular weight excluding hydrogens is 174 g/mol. The summed E-state index contributed by atoms with van der Waals surface area (Å²) in [6.45, 7) is 1.45. The maximum Gasteiger partial charge on any atom is 0.412 e. The molecule has 1 N–H and O–H groups in total. The van der Waals surface area contributed by atoms with E-state index in [1.165, 1.54) is 0 Å². The molecule has 2 rings (SSSR count). The number of aliphatic hydroxyl groups excluding tert-OH is 1. The van der Waals surface area contributed by atoms with Crippen molar-refractivity contribution in [2.75, 3.05) is 26.5 Å². The zero-order valence-corrected chi connectivity index (χ0v) is 7.36. The molecule has 2 aliphatic rings. The molecule has 0 aromatic carbocycles. The summed E-state index contributed by atoms with van der Waals surface area (Å²) in [6.07, 6.45) is 1.64. The van der Waals surface area contributed by atoms with Crippen molar-refractivity contribution in [2.45, 2.75) is 18.4 Å². The summed E-state index contributed by atoms with van der Waals surface area (Å²) in [6, 6.07) is 0. The molecule has 5 nitrogen and oxygen atoms in total. The first-order valence-electron chi connectivity index (χ1n) is 4.42. The first-order valence-corrected chi connectivity index (χ1v) is 4.42. The Labute approximate surface area is 76.2 Å². The van der Waals surface area contributed by atoms with Gasteiger partial charge in [-0.1, -0.05) is 0 Å². The third kappa shape index (κ3) is 1.49. The van der Waals surface area contributed by atoms with E-state index in [4.69, 9.17) is 9.84 Å². The monoisotopic (exact) mass is 187 g/mol. The molecule has 0 aromatic heterocycles. The lowest BCUT2D eigenvalue weighted by Gasteiger charge is -2.45. The number of likely N-dealkylation sites (tertiary alicyclic amines) is 1. The van der Waals surface area contributed by atoms with Gasteiger partial charge in [0, 0.05) is 6.61 Å². The van der Waals surface area contributed by atoms with Gasteiger partial charge in [-0.25, -0.2) is 4.79 Å². The Morgan fingerprint density at radius 1 is 1.62 bits per heavy atom. The summed E-state index contributed by atoms with van der Waals surface area (Å²) >= 11 is 0. The van der Waals surface area contributed by atoms with Gasteiger partial charge in [0.25, 0.3) is 0 Å². The maximum absolute atomic E-state index is 11.1. The van der Waals surface area contributed by atoms with Crippen molar-refractivity contribution in [2.24, 2.45) is 0 Å². The number of ether oxygens (including phenoxy) is 2. The number of hydrogen-bond donors (Lipinski definition) is 1. The molecular formula is C8H13NO4. The van der Waals surface area contributed by atoms with Crippen molar-refractivity contribution in [1.29, 1.82) is 0 Å². The first-order chi connectivity index (χ1) is 6.26. The highest BCUT2D eigenvalue weighted by Crippen LogP contribution is 2.34. The second-order valence-electron chi connectivity index (χ2n) is 3.53. The second-order valence-corrected chi connectivity index (χ2v) is 3.53. The van der Waals surface area contributed by atoms with E-state index >= 15 is 0 Å². The molecule has 2 saturated heterocycles. The van der Waals surface area contributed by atoms with E-state index in [1.807, 2.05) is 0 Å². The van der Waals surface area contributed by atoms with Crippen molar-refractivity contribution in [3.05, 3.63) is 0 Å². The fourth-order valence-corrected chi connectivity index (χ4v) is 1.93. The van der Waals surface area contributed by atoms with Crippen LogP contribution in [0.15, 0.2) is 0 Å². The highest BCUT2D eigenvalue weighted by atomic mass is 16.6. The van der Waals surface area contributed by atoms with E-state index in [0.29, 0.717) is 13.1 Å². The number of aliphatic hydroxyl groups is 1. The van der Waals surface area contributed by atoms with Gasteiger partial charge in [-0.3, -0.25) is 0 Å². The summed E-state index contributed by atoms with van der Waals surface area (Å²) < 4.78 is 9.96. The molecule has 0 saturated carbocycles. The van der Waals surface area contributed by atoms with E-state index in [0.717, 1.165) is 19.4 Å². The summed E-state index contributed by atoms with van der Waals surface area (Å²) in [4.78, 5) is 12.6. The third-order valence-corrected chi connectivity index (χ3v) is 2.59. The molecule has 5 heteroatoms. The normalized spacial score (nSPS) is 24.5. The van der Waals surface area contributed by atoms with Crippen LogP contribution in [-0.4, -0.2) is 48.2 Å². The number of rotatable bonds is 1. The summed E-state index contributed by atoms with van der Waals surface area (Å²) in [5.41, 5.74) is -0.0888. The van der Waals surface area contributed by atoms with E-state index < -0.39 is 12.9 Å². The number of amides is 1. The quantitative estimate of drug-likeness (QED) is 0.584. The molecule has 0 atom stereocenters. The number of carbonyl (C=O) groups excluding carboxylic acids is 1. The third-order valence-electron chi connectivity index (χ3n) is 2.59. The van der Waals surface area contributed by atoms with Crippen molar-refractivity contribution in [1.82, 2.24) is 4.90 Å². The van der Waals surface area contributed by atoms with Crippen LogP contribution in [0.1, 0.15) is 12.8 Å². The van der Waals surface area contributed by atoms with Gasteiger partial charge < -0.3 is 19.5 Å². The van der Waals surface area contributed by atoms with Crippen LogP contribution in [0.5, 0.6) is 0 Å². The molecule has 2 aliphatic heterocycles. The van der Waals surface area contributed by atoms with E-state index in [2.05, 4.69) is 4.74 Å². The lowest BCUT2D eigenvalue weighted by Crippen LogP contribution is -2.63. The molecule has 0 aromatic rings. The molecule has 1 spiro atoms. The lowest BCUT2D eigenvalue weighted by atomic mass is 9.91. The SMILES string of the molecule is O=C(OCO)N1CC2(CCCO2)C1. The average molecular weight is 187 g/mol. The van der Waals surface area contributed by atoms with Gasteiger partial charge in [-0.15, -0.1) is 0 Å². The Kier molecular flexibility index (Phi) is 2.13. The van der Waals surface area contributed by atoms with Gasteiger partial charge in [-0.05, 0) is 12.8 Å². The van der Waals surface area contributed by atoms with Crippen molar-refractivity contribution in [3.8, 4) is 0 Å². The Bertz CT molecular complexity index is 204. The Balaban J connectivity index is 1.80. The molecule has 0 aliphatic carbocycles. The largest absolute Gasteiger partial charge is 0.422 e. The van der Waals surface area contributed by atoms with Crippen LogP contribution < -0.4 is 0 Å². The second kappa shape index (κ2) is 3.16. The van der Waals surface area contributed by atoms with Crippen molar-refractivity contribution in [3.63, 3.8) is 0 Å². The molecule has 0 radical (unpaired) electrons. The molecule has 2 heterocycles. The van der Waals surface area contributed by atoms with Crippen LogP contribution in [0.25, 0.3) is 0 Å². The van der Waals surface area contributed by atoms with Crippen molar-refractivity contribution >= 4 is 6.09 Å². The maximum atomic E-state index is 11.1. The molecule has 13 heavy (non-hydrogen) atoms. The smallest absolute Gasteiger partial charge is 0.412 e. The predicted octanol–water partition coefficient (Wildman–Crippen LogP) is -0.0624. The summed E-state index contributed by atoms with van der Waals surface area (Å²) in [5, 5.41) is 8.36. The van der Waals surface area contributed by atoms with Gasteiger partial charge in [0.15, 0.2) is 6.79 Å². The average Bonchev–Trinajstić information content (AvgIpc) is 2.49. The highest BCUT2D eigenvalue weighted by molar-refractivity contribution is 5.69. The molecule has 0 unspecified atom stereocenters. The number of hydrogen-bond acceptors (Lipinski definition) is 4. The topological polar surface area (TPSA) is 59.0 Å². The van der Waals surface area contributed by atoms with Gasteiger partial charge in [0.05, 0.1) is 13.1 Å². The van der Waals surface area contributed by atoms with Crippen LogP contribution in [-0.2, 0) is 9.47 Å². The minimum atomic E-state index is -0.552. The Morgan fingerprint density at radius 2 is 2.38 bits per heavy atom. The van der Waals surface area contributed by atoms with Gasteiger partial charge in [-0.2, -0.15) is 0 Å². The molecule has 74 valence electrons. The van der Waals surface area contributed by atoms with Crippen molar-refractivity contribution < 1.29 is 19.4 Å². The van der Waals surface area contributed by atoms with Crippen LogP contribution in [0, 0.1) is 0 Å². The molecule has 0 bridgehead atoms. The molecule has 1 amide bonds. The fraction of sp³-hybridized carbons (Fsp3) is 0.875. The lowest BCUT2D eigenvalue weighted by molar-refractivity contribution is -0.107. The summed E-state index contributed by atoms with van der Waals surface area (Å²) in [5.74, 6) is 0. The van der Waals surface area contributed by atoms with Crippen LogP contribution >= 0.6 is 0 Å². The van der Waals surface area contributed by atoms with Gasteiger partial charge in [0.1, 0.15) is 5.60 Å². The minimum Gasteiger partial charge on any atom is -0.422 e. The zero-order valence-electron chi connectivity index (χ0n) is 7.36. The minimum absolute atomic E-state index is 0.0888. The fourth-order valence-electron chi connectivity index (χ4n) is 1.93. The standard InChI is InChI=1S/C8H13NO4/c10-6-12-7(11)9-4-8(5-9)2-1-3-13-8/h10H,1-6H2. The van der Waals surface area contributed by atoms with Crippen LogP contribution in [0.4, 0.5) is 4.79 Å². The Hall–Kier alpha value is -0.810. The molecule has 2 fully saturated rings. The predicted molar refractivity (Wildman–Crippen MR) is 43.1 cm³/mol. The Morgan fingerprint density at radius 3 is 2.92 bits per heavy atom. The van der Waals surface area contributed by atoms with Gasteiger partial charge in [0.2, 0.25) is 0 Å². The number of carbonyl (C=O) groups is 1. The number of nitrogens with zero attached hydrogens (tertiary/aromatic N) is 1. The van der Waals surface area contributed by atoms with Gasteiger partial charge >= 0.3 is 6.09 Å². The van der Waals surface area contributed by atoms with E-state index in [9.17, 15) is 4.79 Å². The van der Waals surface area contributed by atoms with E-state index in [-0.39, 0.29) is 5.60 Å². The first kappa shape index (κ1) is 8.77.